The molecule has 2 heterocycles. The third-order valence-corrected chi connectivity index (χ3v) is 5.52. The molecular weight excluding hydrogens is 340 g/mol. The summed E-state index contributed by atoms with van der Waals surface area (Å²) in [5.74, 6) is 0.852. The normalized spacial score (nSPS) is 22.5. The molecule has 0 saturated carbocycles. The van der Waals surface area contributed by atoms with Crippen LogP contribution in [0.1, 0.15) is 31.5 Å². The Bertz CT molecular complexity index is 735. The fourth-order valence-electron chi connectivity index (χ4n) is 3.74. The van der Waals surface area contributed by atoms with Crippen molar-refractivity contribution in [1.82, 2.24) is 9.88 Å². The SMILES string of the molecule is COC[C@]1(O)CCN(Cc2cccc(OCc3ccccn3)c2)CC1(C)C. The molecule has 1 saturated heterocycles. The van der Waals surface area contributed by atoms with Gasteiger partial charge in [0.05, 0.1) is 17.9 Å². The Balaban J connectivity index is 1.60. The van der Waals surface area contributed by atoms with Crippen molar-refractivity contribution < 1.29 is 14.6 Å². The van der Waals surface area contributed by atoms with E-state index in [1.807, 2.05) is 30.3 Å². The van der Waals surface area contributed by atoms with Crippen LogP contribution in [-0.2, 0) is 17.9 Å². The first-order valence-electron chi connectivity index (χ1n) is 9.47. The predicted molar refractivity (Wildman–Crippen MR) is 106 cm³/mol. The lowest BCUT2D eigenvalue weighted by Crippen LogP contribution is -2.59. The number of ether oxygens (including phenoxy) is 2. The van der Waals surface area contributed by atoms with Gasteiger partial charge < -0.3 is 14.6 Å². The molecule has 5 heteroatoms. The third-order valence-electron chi connectivity index (χ3n) is 5.52. The standard InChI is InChI=1S/C22H30N2O3/c1-21(2)16-24(12-10-22(21,25)17-26-3)14-18-7-6-9-20(13-18)27-15-19-8-4-5-11-23-19/h4-9,11,13,25H,10,12,14-17H2,1-3H3/t22-/m1/s1. The number of aromatic nitrogens is 1. The van der Waals surface area contributed by atoms with E-state index < -0.39 is 5.60 Å². The smallest absolute Gasteiger partial charge is 0.130 e. The number of piperidine rings is 1. The molecule has 2 aromatic rings. The van der Waals surface area contributed by atoms with Crippen LogP contribution in [0, 0.1) is 5.41 Å². The Hall–Kier alpha value is -1.95. The number of likely N-dealkylation sites (tertiary alicyclic amines) is 1. The second kappa shape index (κ2) is 8.38. The second-order valence-electron chi connectivity index (χ2n) is 8.07. The molecule has 1 aliphatic rings. The molecule has 0 aliphatic carbocycles. The van der Waals surface area contributed by atoms with Gasteiger partial charge in [-0.3, -0.25) is 9.88 Å². The summed E-state index contributed by atoms with van der Waals surface area (Å²) >= 11 is 0. The molecule has 1 aliphatic heterocycles. The molecule has 1 atom stereocenters. The van der Waals surface area contributed by atoms with Crippen LogP contribution in [0.3, 0.4) is 0 Å². The third kappa shape index (κ3) is 4.86. The van der Waals surface area contributed by atoms with Crippen molar-refractivity contribution in [2.75, 3.05) is 26.8 Å². The summed E-state index contributed by atoms with van der Waals surface area (Å²) < 4.78 is 11.2. The first kappa shape index (κ1) is 19.8. The van der Waals surface area contributed by atoms with E-state index in [0.29, 0.717) is 19.6 Å². The molecule has 0 spiro atoms. The van der Waals surface area contributed by atoms with E-state index >= 15 is 0 Å². The first-order chi connectivity index (χ1) is 12.9. The molecule has 1 aromatic heterocycles. The van der Waals surface area contributed by atoms with Crippen molar-refractivity contribution >= 4 is 0 Å². The molecule has 5 nitrogen and oxygen atoms in total. The van der Waals surface area contributed by atoms with Gasteiger partial charge in [-0.1, -0.05) is 32.0 Å². The Morgan fingerprint density at radius 2 is 2.04 bits per heavy atom. The van der Waals surface area contributed by atoms with Crippen LogP contribution in [0.5, 0.6) is 5.75 Å². The Morgan fingerprint density at radius 3 is 2.74 bits per heavy atom. The quantitative estimate of drug-likeness (QED) is 0.811. The van der Waals surface area contributed by atoms with Gasteiger partial charge in [0.1, 0.15) is 12.4 Å². The van der Waals surface area contributed by atoms with E-state index in [9.17, 15) is 5.11 Å². The lowest BCUT2D eigenvalue weighted by Gasteiger charge is -2.50. The van der Waals surface area contributed by atoms with Gasteiger partial charge in [0.25, 0.3) is 0 Å². The van der Waals surface area contributed by atoms with Crippen molar-refractivity contribution in [2.45, 2.75) is 39.0 Å². The summed E-state index contributed by atoms with van der Waals surface area (Å²) in [7, 11) is 1.65. The van der Waals surface area contributed by atoms with E-state index in [1.165, 1.54) is 5.56 Å². The van der Waals surface area contributed by atoms with Crippen LogP contribution >= 0.6 is 0 Å². The number of aliphatic hydroxyl groups is 1. The number of pyridine rings is 1. The summed E-state index contributed by atoms with van der Waals surface area (Å²) in [6, 6.07) is 14.0. The minimum Gasteiger partial charge on any atom is -0.487 e. The maximum atomic E-state index is 10.9. The lowest BCUT2D eigenvalue weighted by molar-refractivity contribution is -0.151. The molecule has 1 fully saturated rings. The first-order valence-corrected chi connectivity index (χ1v) is 9.47. The highest BCUT2D eigenvalue weighted by molar-refractivity contribution is 5.28. The van der Waals surface area contributed by atoms with Gasteiger partial charge in [0.15, 0.2) is 0 Å². The van der Waals surface area contributed by atoms with Gasteiger partial charge in [-0.25, -0.2) is 0 Å². The largest absolute Gasteiger partial charge is 0.487 e. The lowest BCUT2D eigenvalue weighted by atomic mass is 9.70. The second-order valence-corrected chi connectivity index (χ2v) is 8.07. The predicted octanol–water partition coefficient (Wildman–Crippen LogP) is 3.27. The number of hydrogen-bond donors (Lipinski definition) is 1. The average Bonchev–Trinajstić information content (AvgIpc) is 2.65. The number of methoxy groups -OCH3 is 1. The monoisotopic (exact) mass is 370 g/mol. The van der Waals surface area contributed by atoms with E-state index in [2.05, 4.69) is 35.9 Å². The van der Waals surface area contributed by atoms with Crippen molar-refractivity contribution in [3.63, 3.8) is 0 Å². The molecule has 0 bridgehead atoms. The summed E-state index contributed by atoms with van der Waals surface area (Å²) in [4.78, 5) is 6.68. The summed E-state index contributed by atoms with van der Waals surface area (Å²) in [5, 5.41) is 10.9. The number of benzene rings is 1. The highest BCUT2D eigenvalue weighted by atomic mass is 16.5. The van der Waals surface area contributed by atoms with Gasteiger partial charge in [-0.15, -0.1) is 0 Å². The molecule has 0 radical (unpaired) electrons. The van der Waals surface area contributed by atoms with Crippen molar-refractivity contribution in [1.29, 1.82) is 0 Å². The molecule has 1 N–H and O–H groups in total. The fourth-order valence-corrected chi connectivity index (χ4v) is 3.74. The molecular formula is C22H30N2O3. The van der Waals surface area contributed by atoms with Gasteiger partial charge in [0.2, 0.25) is 0 Å². The van der Waals surface area contributed by atoms with Crippen LogP contribution in [0.15, 0.2) is 48.7 Å². The van der Waals surface area contributed by atoms with Crippen LogP contribution in [-0.4, -0.2) is 47.4 Å². The Morgan fingerprint density at radius 1 is 1.19 bits per heavy atom. The minimum atomic E-state index is -0.772. The van der Waals surface area contributed by atoms with Crippen LogP contribution in [0.2, 0.25) is 0 Å². The van der Waals surface area contributed by atoms with E-state index in [-0.39, 0.29) is 5.41 Å². The number of hydrogen-bond acceptors (Lipinski definition) is 5. The van der Waals surface area contributed by atoms with Gasteiger partial charge in [-0.05, 0) is 36.2 Å². The molecule has 27 heavy (non-hydrogen) atoms. The highest BCUT2D eigenvalue weighted by Crippen LogP contribution is 2.39. The van der Waals surface area contributed by atoms with E-state index in [1.54, 1.807) is 13.3 Å². The molecule has 3 rings (SSSR count). The van der Waals surface area contributed by atoms with Crippen LogP contribution < -0.4 is 4.74 Å². The molecule has 0 unspecified atom stereocenters. The zero-order valence-electron chi connectivity index (χ0n) is 16.5. The zero-order chi connectivity index (χ0) is 19.3. The zero-order valence-corrected chi connectivity index (χ0v) is 16.5. The maximum Gasteiger partial charge on any atom is 0.130 e. The molecule has 0 amide bonds. The van der Waals surface area contributed by atoms with Crippen LogP contribution in [0.4, 0.5) is 0 Å². The average molecular weight is 370 g/mol. The minimum absolute atomic E-state index is 0.228. The van der Waals surface area contributed by atoms with Gasteiger partial charge in [0, 0.05) is 38.4 Å². The fraction of sp³-hybridized carbons (Fsp3) is 0.500. The number of nitrogens with zero attached hydrogens (tertiary/aromatic N) is 2. The maximum absolute atomic E-state index is 10.9. The topological polar surface area (TPSA) is 54.8 Å². The summed E-state index contributed by atoms with van der Waals surface area (Å²) in [5.41, 5.74) is 1.12. The van der Waals surface area contributed by atoms with Crippen molar-refractivity contribution in [3.8, 4) is 5.75 Å². The van der Waals surface area contributed by atoms with E-state index in [4.69, 9.17) is 9.47 Å². The Labute approximate surface area is 161 Å². The van der Waals surface area contributed by atoms with Crippen LogP contribution in [0.25, 0.3) is 0 Å². The van der Waals surface area contributed by atoms with Crippen molar-refractivity contribution in [2.24, 2.45) is 5.41 Å². The summed E-state index contributed by atoms with van der Waals surface area (Å²) in [6.45, 7) is 7.59. The van der Waals surface area contributed by atoms with Gasteiger partial charge >= 0.3 is 0 Å². The van der Waals surface area contributed by atoms with E-state index in [0.717, 1.165) is 31.1 Å². The number of rotatable bonds is 7. The molecule has 146 valence electrons. The molecule has 1 aromatic carbocycles. The summed E-state index contributed by atoms with van der Waals surface area (Å²) in [6.07, 6.45) is 2.49. The van der Waals surface area contributed by atoms with Gasteiger partial charge in [-0.2, -0.15) is 0 Å². The van der Waals surface area contributed by atoms with Crippen molar-refractivity contribution in [3.05, 3.63) is 59.9 Å². The highest BCUT2D eigenvalue weighted by Gasteiger charge is 2.47. The Kier molecular flexibility index (Phi) is 6.15.